The molecular weight excluding hydrogens is 374 g/mol. The third-order valence-corrected chi connectivity index (χ3v) is 6.92. The number of aromatic nitrogens is 3. The Morgan fingerprint density at radius 1 is 1.15 bits per heavy atom. The summed E-state index contributed by atoms with van der Waals surface area (Å²) in [6.07, 6.45) is 2.07. The zero-order valence-electron chi connectivity index (χ0n) is 14.2. The summed E-state index contributed by atoms with van der Waals surface area (Å²) in [5.74, 6) is 0.164. The van der Waals surface area contributed by atoms with E-state index in [-0.39, 0.29) is 17.9 Å². The van der Waals surface area contributed by atoms with Crippen molar-refractivity contribution >= 4 is 27.7 Å². The van der Waals surface area contributed by atoms with Crippen LogP contribution in [0.1, 0.15) is 18.7 Å². The molecule has 1 aromatic heterocycles. The Labute approximate surface area is 156 Å². The Morgan fingerprint density at radius 3 is 2.50 bits per heavy atom. The van der Waals surface area contributed by atoms with Crippen LogP contribution in [0.25, 0.3) is 5.69 Å². The number of hydrogen-bond donors (Lipinski definition) is 1. The average molecular weight is 396 g/mol. The normalized spacial score (nSPS) is 15.4. The molecule has 8 nitrogen and oxygen atoms in total. The van der Waals surface area contributed by atoms with Gasteiger partial charge in [0.25, 0.3) is 0 Å². The summed E-state index contributed by atoms with van der Waals surface area (Å²) in [5.41, 5.74) is 6.04. The minimum atomic E-state index is -3.30. The van der Waals surface area contributed by atoms with Crippen LogP contribution in [0.2, 0.25) is 0 Å². The maximum atomic E-state index is 12.5. The van der Waals surface area contributed by atoms with Crippen LogP contribution in [-0.4, -0.2) is 58.0 Å². The van der Waals surface area contributed by atoms with E-state index in [1.807, 2.05) is 30.3 Å². The first-order valence-electron chi connectivity index (χ1n) is 8.36. The maximum Gasteiger partial charge on any atom is 0.227 e. The van der Waals surface area contributed by atoms with Crippen LogP contribution in [0.4, 0.5) is 0 Å². The van der Waals surface area contributed by atoms with Gasteiger partial charge in [-0.2, -0.15) is 0 Å². The molecule has 0 atom stereocenters. The number of hydrogen-bond acceptors (Lipinski definition) is 6. The largest absolute Gasteiger partial charge is 0.369 e. The molecule has 1 aliphatic rings. The molecule has 2 N–H and O–H groups in total. The molecule has 2 aromatic rings. The number of rotatable bonds is 8. The van der Waals surface area contributed by atoms with Gasteiger partial charge in [0.1, 0.15) is 5.82 Å². The van der Waals surface area contributed by atoms with Crippen molar-refractivity contribution in [3.05, 3.63) is 36.2 Å². The van der Waals surface area contributed by atoms with Crippen LogP contribution in [0.5, 0.6) is 0 Å². The Bertz CT molecular complexity index is 861. The first-order chi connectivity index (χ1) is 12.5. The van der Waals surface area contributed by atoms with Crippen LogP contribution in [0.15, 0.2) is 35.5 Å². The van der Waals surface area contributed by atoms with E-state index in [2.05, 4.69) is 10.2 Å². The Morgan fingerprint density at radius 2 is 1.85 bits per heavy atom. The molecular formula is C16H21N5O3S2. The van der Waals surface area contributed by atoms with Gasteiger partial charge in [0, 0.05) is 25.2 Å². The SMILES string of the molecule is NC(=O)CSc1nnc(CCS(=O)(=O)N2CCCC2)n1-c1ccccc1. The van der Waals surface area contributed by atoms with Gasteiger partial charge in [-0.25, -0.2) is 12.7 Å². The number of nitrogens with zero attached hydrogens (tertiary/aromatic N) is 4. The number of amides is 1. The maximum absolute atomic E-state index is 12.5. The van der Waals surface area contributed by atoms with E-state index in [9.17, 15) is 13.2 Å². The lowest BCUT2D eigenvalue weighted by molar-refractivity contribution is -0.115. The van der Waals surface area contributed by atoms with Gasteiger partial charge < -0.3 is 5.73 Å². The fourth-order valence-corrected chi connectivity index (χ4v) is 5.07. The second kappa shape index (κ2) is 8.19. The predicted octanol–water partition coefficient (Wildman–Crippen LogP) is 0.813. The summed E-state index contributed by atoms with van der Waals surface area (Å²) in [4.78, 5) is 11.1. The molecule has 2 heterocycles. The van der Waals surface area contributed by atoms with Crippen molar-refractivity contribution in [1.29, 1.82) is 0 Å². The molecule has 1 aromatic carbocycles. The van der Waals surface area contributed by atoms with E-state index >= 15 is 0 Å². The zero-order chi connectivity index (χ0) is 18.6. The lowest BCUT2D eigenvalue weighted by Gasteiger charge is -2.15. The topological polar surface area (TPSA) is 111 Å². The number of thioether (sulfide) groups is 1. The Balaban J connectivity index is 1.83. The summed E-state index contributed by atoms with van der Waals surface area (Å²) < 4.78 is 28.3. The molecule has 0 bridgehead atoms. The highest BCUT2D eigenvalue weighted by Gasteiger charge is 2.26. The van der Waals surface area contributed by atoms with Gasteiger partial charge in [0.15, 0.2) is 5.16 Å². The van der Waals surface area contributed by atoms with Crippen molar-refractivity contribution in [2.75, 3.05) is 24.6 Å². The summed E-state index contributed by atoms with van der Waals surface area (Å²) in [6.45, 7) is 1.18. The van der Waals surface area contributed by atoms with Crippen molar-refractivity contribution in [2.24, 2.45) is 5.73 Å². The predicted molar refractivity (Wildman–Crippen MR) is 99.6 cm³/mol. The molecule has 140 valence electrons. The highest BCUT2D eigenvalue weighted by Crippen LogP contribution is 2.23. The molecule has 1 amide bonds. The van der Waals surface area contributed by atoms with Crippen LogP contribution < -0.4 is 5.73 Å². The minimum absolute atomic E-state index is 0.0154. The number of nitrogens with two attached hydrogens (primary N) is 1. The summed E-state index contributed by atoms with van der Waals surface area (Å²) in [6, 6.07) is 9.42. The van der Waals surface area contributed by atoms with E-state index in [1.165, 1.54) is 11.8 Å². The smallest absolute Gasteiger partial charge is 0.227 e. The van der Waals surface area contributed by atoms with E-state index in [1.54, 1.807) is 8.87 Å². The van der Waals surface area contributed by atoms with E-state index in [0.29, 0.717) is 24.1 Å². The quantitative estimate of drug-likeness (QED) is 0.662. The molecule has 10 heteroatoms. The molecule has 0 saturated carbocycles. The van der Waals surface area contributed by atoms with Gasteiger partial charge in [-0.3, -0.25) is 9.36 Å². The van der Waals surface area contributed by atoms with Crippen LogP contribution >= 0.6 is 11.8 Å². The van der Waals surface area contributed by atoms with Gasteiger partial charge in [0.2, 0.25) is 15.9 Å². The molecule has 1 fully saturated rings. The number of carbonyl (C=O) groups excluding carboxylic acids is 1. The number of aryl methyl sites for hydroxylation is 1. The second-order valence-electron chi connectivity index (χ2n) is 6.00. The molecule has 26 heavy (non-hydrogen) atoms. The number of benzene rings is 1. The fraction of sp³-hybridized carbons (Fsp3) is 0.438. The number of para-hydroxylation sites is 1. The van der Waals surface area contributed by atoms with Crippen molar-refractivity contribution in [1.82, 2.24) is 19.1 Å². The standard InChI is InChI=1S/C16H21N5O3S2/c17-14(22)12-25-16-19-18-15(21(16)13-6-2-1-3-7-13)8-11-26(23,24)20-9-4-5-10-20/h1-3,6-7H,4-5,8-12H2,(H2,17,22). The fourth-order valence-electron chi connectivity index (χ4n) is 2.84. The van der Waals surface area contributed by atoms with Crippen molar-refractivity contribution in [2.45, 2.75) is 24.4 Å². The molecule has 0 radical (unpaired) electrons. The van der Waals surface area contributed by atoms with E-state index in [4.69, 9.17) is 5.73 Å². The summed E-state index contributed by atoms with van der Waals surface area (Å²) >= 11 is 1.18. The van der Waals surface area contributed by atoms with Gasteiger partial charge in [0.05, 0.1) is 11.5 Å². The van der Waals surface area contributed by atoms with E-state index < -0.39 is 15.9 Å². The zero-order valence-corrected chi connectivity index (χ0v) is 15.9. The molecule has 0 unspecified atom stereocenters. The minimum Gasteiger partial charge on any atom is -0.369 e. The summed E-state index contributed by atoms with van der Waals surface area (Å²) in [5, 5.41) is 8.80. The van der Waals surface area contributed by atoms with Gasteiger partial charge in [-0.15, -0.1) is 10.2 Å². The van der Waals surface area contributed by atoms with Gasteiger partial charge >= 0.3 is 0 Å². The number of sulfonamides is 1. The summed E-state index contributed by atoms with van der Waals surface area (Å²) in [7, 11) is -3.30. The first-order valence-corrected chi connectivity index (χ1v) is 11.0. The number of primary amides is 1. The monoisotopic (exact) mass is 395 g/mol. The van der Waals surface area contributed by atoms with Gasteiger partial charge in [-0.05, 0) is 25.0 Å². The van der Waals surface area contributed by atoms with Crippen molar-refractivity contribution in [3.63, 3.8) is 0 Å². The lowest BCUT2D eigenvalue weighted by Crippen LogP contribution is -2.31. The molecule has 1 aliphatic heterocycles. The second-order valence-corrected chi connectivity index (χ2v) is 9.03. The molecule has 0 spiro atoms. The Hall–Kier alpha value is -1.91. The third kappa shape index (κ3) is 4.43. The highest BCUT2D eigenvalue weighted by molar-refractivity contribution is 7.99. The molecule has 3 rings (SSSR count). The third-order valence-electron chi connectivity index (χ3n) is 4.10. The van der Waals surface area contributed by atoms with Crippen LogP contribution in [-0.2, 0) is 21.2 Å². The number of carbonyl (C=O) groups is 1. The Kier molecular flexibility index (Phi) is 5.94. The van der Waals surface area contributed by atoms with Crippen LogP contribution in [0.3, 0.4) is 0 Å². The molecule has 1 saturated heterocycles. The average Bonchev–Trinajstić information content (AvgIpc) is 3.29. The van der Waals surface area contributed by atoms with Crippen LogP contribution in [0, 0.1) is 0 Å². The van der Waals surface area contributed by atoms with Crippen molar-refractivity contribution in [3.8, 4) is 5.69 Å². The first kappa shape index (κ1) is 18.9. The lowest BCUT2D eigenvalue weighted by atomic mass is 10.3. The van der Waals surface area contributed by atoms with Crippen molar-refractivity contribution < 1.29 is 13.2 Å². The van der Waals surface area contributed by atoms with Gasteiger partial charge in [-0.1, -0.05) is 30.0 Å². The van der Waals surface area contributed by atoms with E-state index in [0.717, 1.165) is 18.5 Å². The highest BCUT2D eigenvalue weighted by atomic mass is 32.2. The molecule has 0 aliphatic carbocycles.